The Morgan fingerprint density at radius 3 is 2.71 bits per heavy atom. The number of rotatable bonds is 0. The van der Waals surface area contributed by atoms with E-state index in [4.69, 9.17) is 4.74 Å². The van der Waals surface area contributed by atoms with E-state index in [9.17, 15) is 9.59 Å². The third-order valence-corrected chi connectivity index (χ3v) is 3.32. The summed E-state index contributed by atoms with van der Waals surface area (Å²) in [6, 6.07) is 0.0577. The molecule has 5 heteroatoms. The van der Waals surface area contributed by atoms with Gasteiger partial charge in [0.2, 0.25) is 5.91 Å². The van der Waals surface area contributed by atoms with E-state index >= 15 is 0 Å². The molecule has 0 aromatic heterocycles. The summed E-state index contributed by atoms with van der Waals surface area (Å²) < 4.78 is 5.29. The summed E-state index contributed by atoms with van der Waals surface area (Å²) in [4.78, 5) is 25.4. The van der Waals surface area contributed by atoms with E-state index in [1.807, 2.05) is 6.92 Å². The van der Waals surface area contributed by atoms with Gasteiger partial charge < -0.3 is 10.1 Å². The molecule has 17 heavy (non-hydrogen) atoms. The number of carbonyl (C=O) groups excluding carboxylic acids is 2. The molecule has 96 valence electrons. The molecular formula is C12H20N2O3. The smallest absolute Gasteiger partial charge is 0.417 e. The summed E-state index contributed by atoms with van der Waals surface area (Å²) in [5, 5.41) is 3.28. The fourth-order valence-electron chi connectivity index (χ4n) is 2.59. The van der Waals surface area contributed by atoms with Crippen LogP contribution in [0.2, 0.25) is 0 Å². The Morgan fingerprint density at radius 2 is 2.12 bits per heavy atom. The first kappa shape index (κ1) is 12.4. The molecule has 0 unspecified atom stereocenters. The van der Waals surface area contributed by atoms with Crippen LogP contribution in [0.25, 0.3) is 0 Å². The summed E-state index contributed by atoms with van der Waals surface area (Å²) in [7, 11) is 0. The van der Waals surface area contributed by atoms with Crippen LogP contribution in [0, 0.1) is 5.92 Å². The first-order valence-corrected chi connectivity index (χ1v) is 6.11. The number of carbonyl (C=O) groups is 2. The van der Waals surface area contributed by atoms with Crippen molar-refractivity contribution in [1.82, 2.24) is 10.2 Å². The molecule has 2 fully saturated rings. The maximum atomic E-state index is 12.0. The van der Waals surface area contributed by atoms with E-state index in [-0.39, 0.29) is 23.9 Å². The van der Waals surface area contributed by atoms with Gasteiger partial charge in [-0.2, -0.15) is 0 Å². The number of nitrogens with zero attached hydrogens (tertiary/aromatic N) is 1. The molecule has 5 nitrogen and oxygen atoms in total. The molecule has 0 saturated carbocycles. The lowest BCUT2D eigenvalue weighted by Gasteiger charge is -2.26. The summed E-state index contributed by atoms with van der Waals surface area (Å²) in [5.41, 5.74) is -0.565. The molecule has 2 amide bonds. The lowest BCUT2D eigenvalue weighted by Crippen LogP contribution is -2.43. The van der Waals surface area contributed by atoms with Gasteiger partial charge >= 0.3 is 6.09 Å². The average molecular weight is 240 g/mol. The number of ether oxygens (including phenoxy) is 1. The van der Waals surface area contributed by atoms with Gasteiger partial charge in [0.25, 0.3) is 0 Å². The second-order valence-electron chi connectivity index (χ2n) is 5.81. The van der Waals surface area contributed by atoms with Crippen molar-refractivity contribution >= 4 is 12.0 Å². The van der Waals surface area contributed by atoms with Crippen LogP contribution in [0.1, 0.15) is 34.1 Å². The molecule has 2 aliphatic rings. The lowest BCUT2D eigenvalue weighted by atomic mass is 10.0. The van der Waals surface area contributed by atoms with Crippen molar-refractivity contribution in [1.29, 1.82) is 0 Å². The fraction of sp³-hybridized carbons (Fsp3) is 0.833. The van der Waals surface area contributed by atoms with Gasteiger partial charge in [0.1, 0.15) is 5.60 Å². The highest BCUT2D eigenvalue weighted by molar-refractivity contribution is 5.96. The van der Waals surface area contributed by atoms with Crippen molar-refractivity contribution in [2.45, 2.75) is 51.8 Å². The predicted molar refractivity (Wildman–Crippen MR) is 62.4 cm³/mol. The minimum Gasteiger partial charge on any atom is -0.443 e. The summed E-state index contributed by atoms with van der Waals surface area (Å²) in [5.74, 6) is -0.267. The Morgan fingerprint density at radius 1 is 1.47 bits per heavy atom. The number of hydrogen-bond acceptors (Lipinski definition) is 4. The van der Waals surface area contributed by atoms with E-state index < -0.39 is 11.7 Å². The highest BCUT2D eigenvalue weighted by Crippen LogP contribution is 2.31. The molecule has 0 bridgehead atoms. The van der Waals surface area contributed by atoms with E-state index in [0.29, 0.717) is 0 Å². The Kier molecular flexibility index (Phi) is 2.89. The molecule has 0 radical (unpaired) electrons. The first-order chi connectivity index (χ1) is 7.81. The fourth-order valence-corrected chi connectivity index (χ4v) is 2.59. The van der Waals surface area contributed by atoms with Crippen LogP contribution in [0.4, 0.5) is 4.79 Å². The standard InChI is InChI=1S/C12H20N2O3/c1-7-9-8(5-6-13-9)14(10(7)15)11(16)17-12(2,3)4/h7-9,13H,5-6H2,1-4H3/t7-,8-,9+/m0/s1. The van der Waals surface area contributed by atoms with Crippen molar-refractivity contribution in [3.63, 3.8) is 0 Å². The molecular weight excluding hydrogens is 220 g/mol. The van der Waals surface area contributed by atoms with Gasteiger partial charge in [-0.15, -0.1) is 0 Å². The second kappa shape index (κ2) is 3.98. The first-order valence-electron chi connectivity index (χ1n) is 6.11. The van der Waals surface area contributed by atoms with Gasteiger partial charge in [-0.3, -0.25) is 4.79 Å². The number of imide groups is 1. The molecule has 0 aromatic rings. The number of hydrogen-bond donors (Lipinski definition) is 1. The van der Waals surface area contributed by atoms with Crippen molar-refractivity contribution in [2.24, 2.45) is 5.92 Å². The van der Waals surface area contributed by atoms with E-state index in [1.54, 1.807) is 20.8 Å². The Labute approximate surface area is 101 Å². The molecule has 2 aliphatic heterocycles. The highest BCUT2D eigenvalue weighted by Gasteiger charge is 2.51. The van der Waals surface area contributed by atoms with Crippen molar-refractivity contribution in [2.75, 3.05) is 6.54 Å². The van der Waals surface area contributed by atoms with Crippen LogP contribution in [0.15, 0.2) is 0 Å². The summed E-state index contributed by atoms with van der Waals surface area (Å²) >= 11 is 0. The molecule has 0 spiro atoms. The molecule has 2 saturated heterocycles. The zero-order chi connectivity index (χ0) is 12.8. The monoisotopic (exact) mass is 240 g/mol. The normalized spacial score (nSPS) is 32.8. The van der Waals surface area contributed by atoms with Crippen molar-refractivity contribution in [3.05, 3.63) is 0 Å². The topological polar surface area (TPSA) is 58.6 Å². The zero-order valence-electron chi connectivity index (χ0n) is 10.8. The lowest BCUT2D eigenvalue weighted by molar-refractivity contribution is -0.130. The maximum absolute atomic E-state index is 12.0. The van der Waals surface area contributed by atoms with E-state index in [2.05, 4.69) is 5.32 Å². The Bertz CT molecular complexity index is 348. The molecule has 2 heterocycles. The predicted octanol–water partition coefficient (Wildman–Crippen LogP) is 1.13. The van der Waals surface area contributed by atoms with Gasteiger partial charge in [-0.1, -0.05) is 6.92 Å². The molecule has 3 atom stereocenters. The number of nitrogens with one attached hydrogen (secondary N) is 1. The van der Waals surface area contributed by atoms with E-state index in [0.717, 1.165) is 13.0 Å². The van der Waals surface area contributed by atoms with Crippen molar-refractivity contribution in [3.8, 4) is 0 Å². The minimum absolute atomic E-state index is 0.0349. The van der Waals surface area contributed by atoms with E-state index in [1.165, 1.54) is 4.90 Å². The number of fused-ring (bicyclic) bond motifs is 1. The molecule has 0 aromatic carbocycles. The zero-order valence-corrected chi connectivity index (χ0v) is 10.8. The van der Waals surface area contributed by atoms with Crippen LogP contribution in [0.3, 0.4) is 0 Å². The minimum atomic E-state index is -0.565. The van der Waals surface area contributed by atoms with Crippen LogP contribution in [0.5, 0.6) is 0 Å². The van der Waals surface area contributed by atoms with Crippen molar-refractivity contribution < 1.29 is 14.3 Å². The number of likely N-dealkylation sites (tertiary alicyclic amines) is 1. The third-order valence-electron chi connectivity index (χ3n) is 3.32. The SMILES string of the molecule is C[C@@H]1C(=O)N(C(=O)OC(C)(C)C)[C@H]2CCN[C@H]12. The largest absolute Gasteiger partial charge is 0.443 e. The van der Waals surface area contributed by atoms with Gasteiger partial charge in [-0.25, -0.2) is 9.69 Å². The van der Waals surface area contributed by atoms with Crippen LogP contribution in [-0.2, 0) is 9.53 Å². The van der Waals surface area contributed by atoms with Gasteiger partial charge in [-0.05, 0) is 33.7 Å². The Balaban J connectivity index is 2.15. The molecule has 2 rings (SSSR count). The van der Waals surface area contributed by atoms with Gasteiger partial charge in [0.05, 0.1) is 12.0 Å². The van der Waals surface area contributed by atoms with Crippen LogP contribution < -0.4 is 5.32 Å². The maximum Gasteiger partial charge on any atom is 0.417 e. The summed E-state index contributed by atoms with van der Waals surface area (Å²) in [6.45, 7) is 8.13. The quantitative estimate of drug-likeness (QED) is 0.689. The Hall–Kier alpha value is -1.10. The molecule has 1 N–H and O–H groups in total. The number of amides is 2. The third kappa shape index (κ3) is 2.16. The highest BCUT2D eigenvalue weighted by atomic mass is 16.6. The van der Waals surface area contributed by atoms with Crippen LogP contribution in [-0.4, -0.2) is 41.1 Å². The second-order valence-corrected chi connectivity index (χ2v) is 5.81. The van der Waals surface area contributed by atoms with Crippen LogP contribution >= 0.6 is 0 Å². The van der Waals surface area contributed by atoms with Gasteiger partial charge in [0.15, 0.2) is 0 Å². The average Bonchev–Trinajstić information content (AvgIpc) is 2.69. The van der Waals surface area contributed by atoms with Gasteiger partial charge in [0, 0.05) is 6.04 Å². The summed E-state index contributed by atoms with van der Waals surface area (Å²) in [6.07, 6.45) is 0.311. The molecule has 0 aliphatic carbocycles.